The Morgan fingerprint density at radius 3 is 2.79 bits per heavy atom. The zero-order valence-corrected chi connectivity index (χ0v) is 11.8. The standard InChI is InChI=1S/C14H18FN3S/c1-10-3-2-4-13(9-10)17-18-14(19)16-12-7-5-11(15)6-8-12/h5-8,10H,2-4,9H2,1H3,(H2,16,18,19)/b17-13-/t10-/m0/s1. The van der Waals surface area contributed by atoms with Gasteiger partial charge in [-0.15, -0.1) is 0 Å². The minimum absolute atomic E-state index is 0.263. The fourth-order valence-corrected chi connectivity index (χ4v) is 2.35. The van der Waals surface area contributed by atoms with Crippen molar-refractivity contribution in [3.8, 4) is 0 Å². The largest absolute Gasteiger partial charge is 0.331 e. The van der Waals surface area contributed by atoms with Crippen LogP contribution in [0.15, 0.2) is 29.4 Å². The van der Waals surface area contributed by atoms with Gasteiger partial charge in [-0.1, -0.05) is 6.92 Å². The molecule has 1 aliphatic carbocycles. The van der Waals surface area contributed by atoms with Crippen LogP contribution in [-0.4, -0.2) is 10.8 Å². The highest BCUT2D eigenvalue weighted by molar-refractivity contribution is 7.80. The Hall–Kier alpha value is -1.49. The number of benzene rings is 1. The lowest BCUT2D eigenvalue weighted by Gasteiger charge is -2.19. The summed E-state index contributed by atoms with van der Waals surface area (Å²) in [5.41, 5.74) is 4.77. The number of thiocarbonyl (C=S) groups is 1. The summed E-state index contributed by atoms with van der Waals surface area (Å²) in [7, 11) is 0. The monoisotopic (exact) mass is 279 g/mol. The minimum Gasteiger partial charge on any atom is -0.331 e. The van der Waals surface area contributed by atoms with Crippen LogP contribution in [0.4, 0.5) is 10.1 Å². The van der Waals surface area contributed by atoms with Crippen molar-refractivity contribution in [3.05, 3.63) is 30.1 Å². The first kappa shape index (κ1) is 13.9. The van der Waals surface area contributed by atoms with Gasteiger partial charge in [0.15, 0.2) is 5.11 Å². The van der Waals surface area contributed by atoms with Crippen molar-refractivity contribution in [1.29, 1.82) is 0 Å². The number of anilines is 1. The minimum atomic E-state index is -0.263. The van der Waals surface area contributed by atoms with Gasteiger partial charge in [0.1, 0.15) is 5.82 Å². The van der Waals surface area contributed by atoms with E-state index in [1.165, 1.54) is 30.7 Å². The third-order valence-electron chi connectivity index (χ3n) is 3.16. The summed E-state index contributed by atoms with van der Waals surface area (Å²) in [6.45, 7) is 2.24. The summed E-state index contributed by atoms with van der Waals surface area (Å²) in [4.78, 5) is 0. The van der Waals surface area contributed by atoms with Gasteiger partial charge in [-0.25, -0.2) is 4.39 Å². The van der Waals surface area contributed by atoms with Gasteiger partial charge in [0, 0.05) is 11.4 Å². The van der Waals surface area contributed by atoms with E-state index in [4.69, 9.17) is 12.2 Å². The molecule has 19 heavy (non-hydrogen) atoms. The van der Waals surface area contributed by atoms with Gasteiger partial charge in [-0.3, -0.25) is 5.43 Å². The van der Waals surface area contributed by atoms with Crippen molar-refractivity contribution in [3.63, 3.8) is 0 Å². The second-order valence-corrected chi connectivity index (χ2v) is 5.36. The first-order valence-corrected chi connectivity index (χ1v) is 6.92. The van der Waals surface area contributed by atoms with Crippen molar-refractivity contribution >= 4 is 28.7 Å². The molecule has 1 aromatic carbocycles. The molecule has 1 aromatic rings. The quantitative estimate of drug-likeness (QED) is 0.640. The molecule has 0 spiro atoms. The summed E-state index contributed by atoms with van der Waals surface area (Å²) in [5, 5.41) is 7.73. The topological polar surface area (TPSA) is 36.4 Å². The second kappa shape index (κ2) is 6.61. The highest BCUT2D eigenvalue weighted by Crippen LogP contribution is 2.20. The molecule has 1 fully saturated rings. The molecule has 0 unspecified atom stereocenters. The zero-order chi connectivity index (χ0) is 13.7. The maximum atomic E-state index is 12.8. The molecule has 0 saturated heterocycles. The molecule has 2 N–H and O–H groups in total. The Morgan fingerprint density at radius 2 is 2.11 bits per heavy atom. The number of halogens is 1. The van der Waals surface area contributed by atoms with Gasteiger partial charge < -0.3 is 5.32 Å². The number of nitrogens with zero attached hydrogens (tertiary/aromatic N) is 1. The fourth-order valence-electron chi connectivity index (χ4n) is 2.18. The van der Waals surface area contributed by atoms with Crippen LogP contribution < -0.4 is 10.7 Å². The van der Waals surface area contributed by atoms with Crippen molar-refractivity contribution in [1.82, 2.24) is 5.43 Å². The smallest absolute Gasteiger partial charge is 0.191 e. The summed E-state index contributed by atoms with van der Waals surface area (Å²) in [6.07, 6.45) is 4.54. The van der Waals surface area contributed by atoms with Crippen molar-refractivity contribution in [2.24, 2.45) is 11.0 Å². The third-order valence-corrected chi connectivity index (χ3v) is 3.36. The van der Waals surface area contributed by atoms with E-state index in [1.54, 1.807) is 12.1 Å². The van der Waals surface area contributed by atoms with Crippen LogP contribution in [0.5, 0.6) is 0 Å². The summed E-state index contributed by atoms with van der Waals surface area (Å²) in [6, 6.07) is 6.05. The first-order chi connectivity index (χ1) is 9.13. The Kier molecular flexibility index (Phi) is 4.85. The van der Waals surface area contributed by atoms with Gasteiger partial charge >= 0.3 is 0 Å². The van der Waals surface area contributed by atoms with Gasteiger partial charge in [0.05, 0.1) is 0 Å². The molecule has 1 aliphatic rings. The van der Waals surface area contributed by atoms with Crippen LogP contribution in [0.3, 0.4) is 0 Å². The molecule has 2 rings (SSSR count). The first-order valence-electron chi connectivity index (χ1n) is 6.51. The molecule has 1 saturated carbocycles. The van der Waals surface area contributed by atoms with Crippen LogP contribution in [0.2, 0.25) is 0 Å². The number of rotatable bonds is 2. The number of nitrogens with one attached hydrogen (secondary N) is 2. The maximum Gasteiger partial charge on any atom is 0.191 e. The Labute approximate surface area is 118 Å². The molecule has 3 nitrogen and oxygen atoms in total. The highest BCUT2D eigenvalue weighted by atomic mass is 32.1. The molecule has 0 heterocycles. The van der Waals surface area contributed by atoms with E-state index in [0.29, 0.717) is 11.0 Å². The maximum absolute atomic E-state index is 12.8. The molecule has 102 valence electrons. The average Bonchev–Trinajstić information content (AvgIpc) is 2.39. The Balaban J connectivity index is 1.84. The zero-order valence-electron chi connectivity index (χ0n) is 10.9. The Bertz CT molecular complexity index is 470. The molecule has 0 aliphatic heterocycles. The average molecular weight is 279 g/mol. The van der Waals surface area contributed by atoms with E-state index in [1.807, 2.05) is 0 Å². The van der Waals surface area contributed by atoms with E-state index < -0.39 is 0 Å². The third kappa shape index (κ3) is 4.59. The summed E-state index contributed by atoms with van der Waals surface area (Å²) in [5.74, 6) is 0.439. The van der Waals surface area contributed by atoms with Crippen molar-refractivity contribution < 1.29 is 4.39 Å². The molecule has 0 radical (unpaired) electrons. The number of hydrogen-bond donors (Lipinski definition) is 2. The molecular formula is C14H18FN3S. The molecular weight excluding hydrogens is 261 g/mol. The molecule has 0 amide bonds. The van der Waals surface area contributed by atoms with Crippen LogP contribution in [0.25, 0.3) is 0 Å². The van der Waals surface area contributed by atoms with E-state index in [-0.39, 0.29) is 5.82 Å². The molecule has 0 bridgehead atoms. The van der Waals surface area contributed by atoms with E-state index in [2.05, 4.69) is 22.8 Å². The van der Waals surface area contributed by atoms with Crippen molar-refractivity contribution in [2.45, 2.75) is 32.6 Å². The summed E-state index contributed by atoms with van der Waals surface area (Å²) < 4.78 is 12.8. The van der Waals surface area contributed by atoms with Crippen LogP contribution >= 0.6 is 12.2 Å². The predicted octanol–water partition coefficient (Wildman–Crippen LogP) is 3.68. The predicted molar refractivity (Wildman–Crippen MR) is 80.8 cm³/mol. The van der Waals surface area contributed by atoms with Gasteiger partial charge in [-0.2, -0.15) is 5.10 Å². The van der Waals surface area contributed by atoms with Gasteiger partial charge in [0.25, 0.3) is 0 Å². The van der Waals surface area contributed by atoms with Crippen molar-refractivity contribution in [2.75, 3.05) is 5.32 Å². The lowest BCUT2D eigenvalue weighted by molar-refractivity contribution is 0.498. The van der Waals surface area contributed by atoms with Gasteiger partial charge in [0.2, 0.25) is 0 Å². The Morgan fingerprint density at radius 1 is 1.37 bits per heavy atom. The second-order valence-electron chi connectivity index (χ2n) is 4.95. The van der Waals surface area contributed by atoms with E-state index in [0.717, 1.165) is 18.5 Å². The normalized spacial score (nSPS) is 21.2. The molecule has 0 aromatic heterocycles. The van der Waals surface area contributed by atoms with Crippen LogP contribution in [0.1, 0.15) is 32.6 Å². The highest BCUT2D eigenvalue weighted by Gasteiger charge is 2.13. The molecule has 5 heteroatoms. The van der Waals surface area contributed by atoms with Crippen LogP contribution in [-0.2, 0) is 0 Å². The number of hydrogen-bond acceptors (Lipinski definition) is 2. The summed E-state index contributed by atoms with van der Waals surface area (Å²) >= 11 is 5.14. The lowest BCUT2D eigenvalue weighted by Crippen LogP contribution is -2.26. The lowest BCUT2D eigenvalue weighted by atomic mass is 9.89. The van der Waals surface area contributed by atoms with E-state index in [9.17, 15) is 4.39 Å². The van der Waals surface area contributed by atoms with Crippen LogP contribution in [0, 0.1) is 11.7 Å². The SMILES string of the molecule is C[C@H]1CCC/C(=N/NC(=S)Nc2ccc(F)cc2)C1. The number of hydrazone groups is 1. The molecule has 1 atom stereocenters. The van der Waals surface area contributed by atoms with E-state index >= 15 is 0 Å². The van der Waals surface area contributed by atoms with Gasteiger partial charge in [-0.05, 0) is 68.1 Å². The fraction of sp³-hybridized carbons (Fsp3) is 0.429.